The van der Waals surface area contributed by atoms with E-state index in [2.05, 4.69) is 27.4 Å². The van der Waals surface area contributed by atoms with Gasteiger partial charge in [-0.05, 0) is 54.8 Å². The monoisotopic (exact) mass is 527 g/mol. The Labute approximate surface area is 220 Å². The van der Waals surface area contributed by atoms with E-state index >= 15 is 0 Å². The zero-order valence-electron chi connectivity index (χ0n) is 20.7. The Morgan fingerprint density at radius 3 is 2.56 bits per heavy atom. The summed E-state index contributed by atoms with van der Waals surface area (Å²) in [5.41, 5.74) is 1.99. The molecule has 3 aromatic rings. The molecule has 0 spiro atoms. The van der Waals surface area contributed by atoms with Crippen molar-refractivity contribution in [2.75, 3.05) is 18.2 Å². The highest BCUT2D eigenvalue weighted by molar-refractivity contribution is 7.99. The van der Waals surface area contributed by atoms with Gasteiger partial charge in [-0.2, -0.15) is 0 Å². The Morgan fingerprint density at radius 1 is 1.19 bits per heavy atom. The minimum Gasteiger partial charge on any atom is -0.497 e. The summed E-state index contributed by atoms with van der Waals surface area (Å²) in [6.45, 7) is 10.1. The van der Waals surface area contributed by atoms with Crippen LogP contribution in [0.4, 0.5) is 5.69 Å². The zero-order chi connectivity index (χ0) is 26.2. The molecule has 1 atom stereocenters. The summed E-state index contributed by atoms with van der Waals surface area (Å²) in [4.78, 5) is 25.5. The van der Waals surface area contributed by atoms with Crippen LogP contribution in [0.5, 0.6) is 5.75 Å². The molecule has 0 saturated carbocycles. The second-order valence-corrected chi connectivity index (χ2v) is 9.76. The summed E-state index contributed by atoms with van der Waals surface area (Å²) >= 11 is 7.41. The van der Waals surface area contributed by atoms with Gasteiger partial charge in [-0.3, -0.25) is 9.59 Å². The van der Waals surface area contributed by atoms with Crippen LogP contribution in [0.25, 0.3) is 0 Å². The first-order valence-electron chi connectivity index (χ1n) is 11.4. The normalized spacial score (nSPS) is 11.7. The Balaban J connectivity index is 1.75. The van der Waals surface area contributed by atoms with Gasteiger partial charge in [0, 0.05) is 22.8 Å². The molecule has 0 aliphatic rings. The van der Waals surface area contributed by atoms with E-state index in [9.17, 15) is 9.59 Å². The number of halogens is 1. The number of thioether (sulfide) groups is 1. The number of rotatable bonds is 11. The minimum absolute atomic E-state index is 0.0342. The van der Waals surface area contributed by atoms with E-state index in [4.69, 9.17) is 16.3 Å². The van der Waals surface area contributed by atoms with Gasteiger partial charge in [0.05, 0.1) is 18.9 Å². The largest absolute Gasteiger partial charge is 0.497 e. The molecule has 0 bridgehead atoms. The van der Waals surface area contributed by atoms with E-state index in [0.29, 0.717) is 39.5 Å². The van der Waals surface area contributed by atoms with Crippen molar-refractivity contribution in [1.82, 2.24) is 20.1 Å². The second-order valence-electron chi connectivity index (χ2n) is 8.41. The number of carbonyl (C=O) groups is 2. The second kappa shape index (κ2) is 12.6. The van der Waals surface area contributed by atoms with Crippen molar-refractivity contribution in [3.8, 4) is 5.75 Å². The molecule has 2 amide bonds. The Bertz CT molecular complexity index is 1230. The summed E-state index contributed by atoms with van der Waals surface area (Å²) in [6, 6.07) is 11.9. The molecule has 0 fully saturated rings. The predicted molar refractivity (Wildman–Crippen MR) is 144 cm³/mol. The SMILES string of the molecule is C=CCn1c(SCC(=O)Nc2cccc(Cl)c2C)nnc1[C@@H](NC(=O)c1ccc(OC)cc1)C(C)C. The van der Waals surface area contributed by atoms with Crippen LogP contribution in [0, 0.1) is 12.8 Å². The number of ether oxygens (including phenoxy) is 1. The summed E-state index contributed by atoms with van der Waals surface area (Å²) in [5, 5.41) is 15.8. The van der Waals surface area contributed by atoms with Crippen molar-refractivity contribution in [2.24, 2.45) is 5.92 Å². The molecular formula is C26H30ClN5O3S. The molecule has 8 nitrogen and oxygen atoms in total. The fourth-order valence-electron chi connectivity index (χ4n) is 3.49. The highest BCUT2D eigenvalue weighted by Crippen LogP contribution is 2.27. The van der Waals surface area contributed by atoms with Gasteiger partial charge < -0.3 is 19.9 Å². The molecule has 10 heteroatoms. The number of amides is 2. The summed E-state index contributed by atoms with van der Waals surface area (Å²) in [7, 11) is 1.58. The highest BCUT2D eigenvalue weighted by Gasteiger charge is 2.26. The standard InChI is InChI=1S/C26H30ClN5O3S/c1-6-14-32-24(23(16(2)3)29-25(34)18-10-12-19(35-5)13-11-18)30-31-26(32)36-15-22(33)28-21-9-7-8-20(27)17(21)4/h6-13,16,23H,1,14-15H2,2-5H3,(H,28,33)(H,29,34)/t23-/m0/s1. The molecule has 0 saturated heterocycles. The molecule has 2 aromatic carbocycles. The van der Waals surface area contributed by atoms with Crippen LogP contribution in [-0.4, -0.2) is 39.4 Å². The van der Waals surface area contributed by atoms with Crippen LogP contribution in [0.2, 0.25) is 5.02 Å². The third-order valence-electron chi connectivity index (χ3n) is 5.51. The van der Waals surface area contributed by atoms with Gasteiger partial charge in [-0.25, -0.2) is 0 Å². The van der Waals surface area contributed by atoms with Gasteiger partial charge in [0.2, 0.25) is 5.91 Å². The lowest BCUT2D eigenvalue weighted by Crippen LogP contribution is -2.33. The number of aromatic nitrogens is 3. The molecule has 36 heavy (non-hydrogen) atoms. The lowest BCUT2D eigenvalue weighted by molar-refractivity contribution is -0.113. The Hall–Kier alpha value is -3.30. The molecule has 1 aromatic heterocycles. The number of allylic oxidation sites excluding steroid dienone is 1. The lowest BCUT2D eigenvalue weighted by atomic mass is 10.0. The molecule has 0 unspecified atom stereocenters. The van der Waals surface area contributed by atoms with Crippen molar-refractivity contribution in [3.63, 3.8) is 0 Å². The molecule has 0 aliphatic carbocycles. The van der Waals surface area contributed by atoms with Crippen LogP contribution >= 0.6 is 23.4 Å². The van der Waals surface area contributed by atoms with Gasteiger partial charge in [0.25, 0.3) is 5.91 Å². The van der Waals surface area contributed by atoms with E-state index in [1.54, 1.807) is 55.7 Å². The maximum atomic E-state index is 13.0. The van der Waals surface area contributed by atoms with E-state index in [1.807, 2.05) is 25.3 Å². The third kappa shape index (κ3) is 6.67. The van der Waals surface area contributed by atoms with Crippen LogP contribution in [0.1, 0.15) is 41.6 Å². The minimum atomic E-state index is -0.399. The molecule has 2 N–H and O–H groups in total. The number of nitrogens with zero attached hydrogens (tertiary/aromatic N) is 3. The molecule has 1 heterocycles. The molecule has 190 valence electrons. The van der Waals surface area contributed by atoms with E-state index < -0.39 is 6.04 Å². The first-order chi connectivity index (χ1) is 17.2. The van der Waals surface area contributed by atoms with Crippen molar-refractivity contribution >= 4 is 40.9 Å². The summed E-state index contributed by atoms with van der Waals surface area (Å²) < 4.78 is 7.04. The molecule has 3 rings (SSSR count). The third-order valence-corrected chi connectivity index (χ3v) is 6.89. The van der Waals surface area contributed by atoms with Gasteiger partial charge >= 0.3 is 0 Å². The van der Waals surface area contributed by atoms with Gasteiger partial charge in [0.15, 0.2) is 11.0 Å². The van der Waals surface area contributed by atoms with Gasteiger partial charge in [0.1, 0.15) is 5.75 Å². The molecule has 0 radical (unpaired) electrons. The van der Waals surface area contributed by atoms with E-state index in [0.717, 1.165) is 5.56 Å². The molecular weight excluding hydrogens is 498 g/mol. The van der Waals surface area contributed by atoms with Crippen molar-refractivity contribution in [1.29, 1.82) is 0 Å². The smallest absolute Gasteiger partial charge is 0.251 e. The Kier molecular flexibility index (Phi) is 9.55. The number of hydrogen-bond donors (Lipinski definition) is 2. The van der Waals surface area contributed by atoms with Gasteiger partial charge in [-0.1, -0.05) is 49.4 Å². The van der Waals surface area contributed by atoms with Crippen LogP contribution in [0.15, 0.2) is 60.3 Å². The van der Waals surface area contributed by atoms with Crippen molar-refractivity contribution in [2.45, 2.75) is 38.5 Å². The topological polar surface area (TPSA) is 98.1 Å². The number of nitrogens with one attached hydrogen (secondary N) is 2. The average molecular weight is 528 g/mol. The number of methoxy groups -OCH3 is 1. The first-order valence-corrected chi connectivity index (χ1v) is 12.8. The van der Waals surface area contributed by atoms with Crippen molar-refractivity contribution < 1.29 is 14.3 Å². The summed E-state index contributed by atoms with van der Waals surface area (Å²) in [5.74, 6) is 1.02. The predicted octanol–water partition coefficient (Wildman–Crippen LogP) is 5.29. The van der Waals surface area contributed by atoms with Crippen molar-refractivity contribution in [3.05, 3.63) is 77.1 Å². The lowest BCUT2D eigenvalue weighted by Gasteiger charge is -2.22. The van der Waals surface area contributed by atoms with Crippen LogP contribution in [0.3, 0.4) is 0 Å². The fraction of sp³-hybridized carbons (Fsp3) is 0.308. The van der Waals surface area contributed by atoms with Crippen LogP contribution in [-0.2, 0) is 11.3 Å². The maximum absolute atomic E-state index is 13.0. The first kappa shape index (κ1) is 27.3. The number of anilines is 1. The van der Waals surface area contributed by atoms with Crippen LogP contribution < -0.4 is 15.4 Å². The zero-order valence-corrected chi connectivity index (χ0v) is 22.3. The molecule has 0 aliphatic heterocycles. The van der Waals surface area contributed by atoms with Gasteiger partial charge in [-0.15, -0.1) is 16.8 Å². The number of hydrogen-bond acceptors (Lipinski definition) is 6. The fourth-order valence-corrected chi connectivity index (χ4v) is 4.42. The number of benzene rings is 2. The van der Waals surface area contributed by atoms with E-state index in [1.165, 1.54) is 11.8 Å². The Morgan fingerprint density at radius 2 is 1.92 bits per heavy atom. The quantitative estimate of drug-likeness (QED) is 0.259. The highest BCUT2D eigenvalue weighted by atomic mass is 35.5. The van der Waals surface area contributed by atoms with E-state index in [-0.39, 0.29) is 23.5 Å². The number of carbonyl (C=O) groups excluding carboxylic acids is 2. The summed E-state index contributed by atoms with van der Waals surface area (Å²) in [6.07, 6.45) is 1.73. The average Bonchev–Trinajstić information content (AvgIpc) is 3.26. The maximum Gasteiger partial charge on any atom is 0.251 e.